The molecule has 0 amide bonds. The van der Waals surface area contributed by atoms with Crippen LogP contribution in [-0.4, -0.2) is 22.6 Å². The molecule has 1 aliphatic heterocycles. The minimum atomic E-state index is -3.93. The van der Waals surface area contributed by atoms with Crippen LogP contribution in [0.15, 0.2) is 53.4 Å². The van der Waals surface area contributed by atoms with E-state index in [0.717, 1.165) is 18.2 Å². The lowest BCUT2D eigenvalue weighted by Gasteiger charge is -2.18. The van der Waals surface area contributed by atoms with Crippen molar-refractivity contribution in [3.8, 4) is 22.6 Å². The van der Waals surface area contributed by atoms with Gasteiger partial charge in [0.15, 0.2) is 0 Å². The average molecular weight is 443 g/mol. The Kier molecular flexibility index (Phi) is 5.49. The fourth-order valence-corrected chi connectivity index (χ4v) is 4.86. The third kappa shape index (κ3) is 3.91. The standard InChI is InChI=1S/C24H23FO5S/c1-14-5-7-21(28-3)18(9-14)19-13-17(25)11-16-12-22(30-24(16)19)20-10-15(2)6-8-23(20)31(26,27)29-4/h5-11,13,22H,12H2,1-4H3. The molecule has 3 aromatic rings. The summed E-state index contributed by atoms with van der Waals surface area (Å²) in [6.45, 7) is 3.82. The Hall–Kier alpha value is -2.90. The quantitative estimate of drug-likeness (QED) is 0.513. The van der Waals surface area contributed by atoms with Crippen molar-refractivity contribution in [3.05, 3.63) is 76.6 Å². The fourth-order valence-electron chi connectivity index (χ4n) is 3.97. The summed E-state index contributed by atoms with van der Waals surface area (Å²) in [6.07, 6.45) is -0.254. The van der Waals surface area contributed by atoms with Gasteiger partial charge in [-0.05, 0) is 44.2 Å². The van der Waals surface area contributed by atoms with E-state index in [-0.39, 0.29) is 4.90 Å². The van der Waals surface area contributed by atoms with Gasteiger partial charge in [0.2, 0.25) is 0 Å². The Labute approximate surface area is 181 Å². The third-order valence-corrected chi connectivity index (χ3v) is 6.79. The van der Waals surface area contributed by atoms with E-state index in [1.165, 1.54) is 18.2 Å². The maximum absolute atomic E-state index is 14.5. The second kappa shape index (κ2) is 7.98. The molecule has 1 heterocycles. The van der Waals surface area contributed by atoms with Crippen LogP contribution < -0.4 is 9.47 Å². The first-order valence-electron chi connectivity index (χ1n) is 9.78. The largest absolute Gasteiger partial charge is 0.496 e. The molecular weight excluding hydrogens is 419 g/mol. The van der Waals surface area contributed by atoms with Crippen molar-refractivity contribution in [2.45, 2.75) is 31.3 Å². The highest BCUT2D eigenvalue weighted by atomic mass is 32.2. The summed E-state index contributed by atoms with van der Waals surface area (Å²) >= 11 is 0. The van der Waals surface area contributed by atoms with Crippen molar-refractivity contribution in [1.82, 2.24) is 0 Å². The SMILES string of the molecule is COc1ccc(C)cc1-c1cc(F)cc2c1OC(c1cc(C)ccc1S(=O)(=O)OC)C2. The van der Waals surface area contributed by atoms with Gasteiger partial charge in [-0.15, -0.1) is 0 Å². The van der Waals surface area contributed by atoms with Gasteiger partial charge in [0.25, 0.3) is 10.1 Å². The zero-order valence-electron chi connectivity index (χ0n) is 17.7. The summed E-state index contributed by atoms with van der Waals surface area (Å²) in [4.78, 5) is 0.0496. The first-order chi connectivity index (χ1) is 14.7. The summed E-state index contributed by atoms with van der Waals surface area (Å²) < 4.78 is 56.0. The first kappa shape index (κ1) is 21.3. The number of hydrogen-bond acceptors (Lipinski definition) is 5. The van der Waals surface area contributed by atoms with E-state index in [0.29, 0.717) is 40.2 Å². The highest BCUT2D eigenvalue weighted by molar-refractivity contribution is 7.86. The molecule has 4 rings (SSSR count). The molecule has 162 valence electrons. The lowest BCUT2D eigenvalue weighted by atomic mass is 9.97. The van der Waals surface area contributed by atoms with Gasteiger partial charge < -0.3 is 9.47 Å². The number of rotatable bonds is 5. The number of aryl methyl sites for hydroxylation is 2. The summed E-state index contributed by atoms with van der Waals surface area (Å²) in [5, 5.41) is 0. The Morgan fingerprint density at radius 1 is 0.968 bits per heavy atom. The number of hydrogen-bond donors (Lipinski definition) is 0. The number of halogens is 1. The third-order valence-electron chi connectivity index (χ3n) is 5.44. The number of benzene rings is 3. The van der Waals surface area contributed by atoms with Gasteiger partial charge >= 0.3 is 0 Å². The second-order valence-corrected chi connectivity index (χ2v) is 9.30. The molecule has 31 heavy (non-hydrogen) atoms. The van der Waals surface area contributed by atoms with E-state index in [9.17, 15) is 12.8 Å². The van der Waals surface area contributed by atoms with Gasteiger partial charge in [0.05, 0.1) is 14.2 Å². The minimum absolute atomic E-state index is 0.0496. The minimum Gasteiger partial charge on any atom is -0.496 e. The van der Waals surface area contributed by atoms with Crippen LogP contribution in [0.4, 0.5) is 4.39 Å². The van der Waals surface area contributed by atoms with E-state index in [4.69, 9.17) is 13.7 Å². The van der Waals surface area contributed by atoms with Crippen molar-refractivity contribution in [2.24, 2.45) is 0 Å². The molecule has 7 heteroatoms. The highest BCUT2D eigenvalue weighted by Gasteiger charge is 2.33. The Bertz CT molecular complexity index is 1270. The number of methoxy groups -OCH3 is 1. The van der Waals surface area contributed by atoms with Gasteiger partial charge in [-0.3, -0.25) is 4.18 Å². The molecule has 0 aliphatic carbocycles. The predicted octanol–water partition coefficient (Wildman–Crippen LogP) is 5.13. The van der Waals surface area contributed by atoms with Crippen molar-refractivity contribution in [1.29, 1.82) is 0 Å². The molecule has 1 unspecified atom stereocenters. The van der Waals surface area contributed by atoms with Crippen LogP contribution in [-0.2, 0) is 20.7 Å². The van der Waals surface area contributed by atoms with Crippen LogP contribution in [0.5, 0.6) is 11.5 Å². The number of fused-ring (bicyclic) bond motifs is 1. The average Bonchev–Trinajstić information content (AvgIpc) is 3.16. The van der Waals surface area contributed by atoms with E-state index >= 15 is 0 Å². The van der Waals surface area contributed by atoms with Gasteiger partial charge in [0.1, 0.15) is 28.3 Å². The Morgan fingerprint density at radius 2 is 1.68 bits per heavy atom. The lowest BCUT2D eigenvalue weighted by molar-refractivity contribution is 0.235. The molecule has 0 fully saturated rings. The summed E-state index contributed by atoms with van der Waals surface area (Å²) in [5.41, 5.74) is 4.33. The molecule has 0 spiro atoms. The molecule has 3 aromatic carbocycles. The van der Waals surface area contributed by atoms with Crippen LogP contribution >= 0.6 is 0 Å². The molecule has 1 aliphatic rings. The predicted molar refractivity (Wildman–Crippen MR) is 116 cm³/mol. The molecule has 1 atom stereocenters. The summed E-state index contributed by atoms with van der Waals surface area (Å²) in [5.74, 6) is 0.733. The zero-order chi connectivity index (χ0) is 22.3. The molecule has 0 bridgehead atoms. The van der Waals surface area contributed by atoms with E-state index in [1.807, 2.05) is 32.0 Å². The molecule has 0 saturated carbocycles. The van der Waals surface area contributed by atoms with E-state index in [2.05, 4.69) is 0 Å². The van der Waals surface area contributed by atoms with Crippen LogP contribution in [0, 0.1) is 19.7 Å². The van der Waals surface area contributed by atoms with Crippen LogP contribution in [0.25, 0.3) is 11.1 Å². The van der Waals surface area contributed by atoms with Crippen molar-refractivity contribution in [2.75, 3.05) is 14.2 Å². The molecule has 0 saturated heterocycles. The normalized spacial score (nSPS) is 15.5. The molecular formula is C24H23FO5S. The number of ether oxygens (including phenoxy) is 2. The van der Waals surface area contributed by atoms with Gasteiger partial charge in [-0.2, -0.15) is 8.42 Å². The topological polar surface area (TPSA) is 61.8 Å². The molecule has 5 nitrogen and oxygen atoms in total. The van der Waals surface area contributed by atoms with Gasteiger partial charge in [-0.25, -0.2) is 4.39 Å². The molecule has 0 N–H and O–H groups in total. The lowest BCUT2D eigenvalue weighted by Crippen LogP contribution is -2.12. The van der Waals surface area contributed by atoms with Gasteiger partial charge in [-0.1, -0.05) is 29.3 Å². The Morgan fingerprint density at radius 3 is 2.39 bits per heavy atom. The second-order valence-electron chi connectivity index (χ2n) is 7.62. The maximum Gasteiger partial charge on any atom is 0.297 e. The van der Waals surface area contributed by atoms with E-state index < -0.39 is 22.0 Å². The zero-order valence-corrected chi connectivity index (χ0v) is 18.5. The van der Waals surface area contributed by atoms with Crippen LogP contribution in [0.1, 0.15) is 28.4 Å². The van der Waals surface area contributed by atoms with Crippen molar-refractivity contribution < 1.29 is 26.5 Å². The van der Waals surface area contributed by atoms with Gasteiger partial charge in [0, 0.05) is 28.7 Å². The summed E-state index contributed by atoms with van der Waals surface area (Å²) in [6, 6.07) is 13.5. The van der Waals surface area contributed by atoms with Crippen molar-refractivity contribution >= 4 is 10.1 Å². The van der Waals surface area contributed by atoms with Crippen LogP contribution in [0.2, 0.25) is 0 Å². The van der Waals surface area contributed by atoms with E-state index in [1.54, 1.807) is 19.2 Å². The first-order valence-corrected chi connectivity index (χ1v) is 11.2. The smallest absolute Gasteiger partial charge is 0.297 e. The van der Waals surface area contributed by atoms with Crippen LogP contribution in [0.3, 0.4) is 0 Å². The summed E-state index contributed by atoms with van der Waals surface area (Å²) in [7, 11) is -1.24. The fraction of sp³-hybridized carbons (Fsp3) is 0.250. The highest BCUT2D eigenvalue weighted by Crippen LogP contribution is 2.47. The monoisotopic (exact) mass is 442 g/mol. The molecule has 0 aromatic heterocycles. The Balaban J connectivity index is 1.85. The molecule has 0 radical (unpaired) electrons. The van der Waals surface area contributed by atoms with Crippen molar-refractivity contribution in [3.63, 3.8) is 0 Å². The maximum atomic E-state index is 14.5.